The van der Waals surface area contributed by atoms with E-state index in [9.17, 15) is 14.7 Å². The lowest BCUT2D eigenvalue weighted by atomic mass is 9.50. The Morgan fingerprint density at radius 3 is 2.74 bits per heavy atom. The Labute approximate surface area is 137 Å². The highest BCUT2D eigenvalue weighted by atomic mass is 16.4. The number of aliphatic carboxylic acids is 1. The molecule has 1 saturated heterocycles. The van der Waals surface area contributed by atoms with E-state index in [2.05, 4.69) is 19.2 Å². The van der Waals surface area contributed by atoms with Crippen LogP contribution in [-0.4, -0.2) is 23.4 Å². The summed E-state index contributed by atoms with van der Waals surface area (Å²) in [4.78, 5) is 23.5. The highest BCUT2D eigenvalue weighted by Crippen LogP contribution is 2.64. The summed E-state index contributed by atoms with van der Waals surface area (Å²) in [6.45, 7) is 5.45. The number of carbonyl (C=O) groups is 2. The Hall–Kier alpha value is -1.32. The van der Waals surface area contributed by atoms with Crippen LogP contribution in [0.1, 0.15) is 52.4 Å². The molecule has 0 bridgehead atoms. The quantitative estimate of drug-likeness (QED) is 0.780. The minimum Gasteiger partial charge on any atom is -0.481 e. The summed E-state index contributed by atoms with van der Waals surface area (Å²) in [6.07, 6.45) is 7.43. The molecule has 4 nitrogen and oxygen atoms in total. The summed E-state index contributed by atoms with van der Waals surface area (Å²) in [5, 5.41) is 13.2. The van der Waals surface area contributed by atoms with Gasteiger partial charge in [-0.05, 0) is 55.3 Å². The van der Waals surface area contributed by atoms with Crippen LogP contribution in [0.3, 0.4) is 0 Å². The van der Waals surface area contributed by atoms with Crippen LogP contribution >= 0.6 is 0 Å². The Morgan fingerprint density at radius 2 is 2.00 bits per heavy atom. The Morgan fingerprint density at radius 1 is 1.22 bits per heavy atom. The summed E-state index contributed by atoms with van der Waals surface area (Å²) in [6, 6.07) is 0. The number of rotatable bonds is 1. The van der Waals surface area contributed by atoms with Crippen molar-refractivity contribution in [1.29, 1.82) is 0 Å². The number of hydrogen-bond acceptors (Lipinski definition) is 3. The Bertz CT molecular complexity index is 597. The smallest absolute Gasteiger partial charge is 0.307 e. The van der Waals surface area contributed by atoms with Gasteiger partial charge in [0.25, 0.3) is 0 Å². The van der Waals surface area contributed by atoms with Crippen molar-refractivity contribution in [3.63, 3.8) is 0 Å². The molecular weight excluding hydrogens is 290 g/mol. The standard InChI is InChI=1S/C19H27NO3/c1-18-8-6-14-12(13(18)3-4-15(18)17(22)23)10-20-16-9-11(21)5-7-19(14,16)2/h9,12-15,20H,3-8,10H2,1-2H3,(H,22,23)/t12?,13?,14?,15?,18-,19+/m0/s1. The van der Waals surface area contributed by atoms with Gasteiger partial charge in [-0.15, -0.1) is 0 Å². The van der Waals surface area contributed by atoms with Crippen molar-refractivity contribution in [2.45, 2.75) is 52.4 Å². The van der Waals surface area contributed by atoms with Crippen molar-refractivity contribution in [2.24, 2.45) is 34.5 Å². The molecule has 6 atom stereocenters. The molecule has 23 heavy (non-hydrogen) atoms. The van der Waals surface area contributed by atoms with Gasteiger partial charge in [0.05, 0.1) is 5.92 Å². The minimum atomic E-state index is -0.604. The molecule has 4 unspecified atom stereocenters. The van der Waals surface area contributed by atoms with Gasteiger partial charge in [-0.25, -0.2) is 0 Å². The molecule has 0 radical (unpaired) electrons. The van der Waals surface area contributed by atoms with E-state index < -0.39 is 5.97 Å². The van der Waals surface area contributed by atoms with Crippen LogP contribution in [0.2, 0.25) is 0 Å². The SMILES string of the molecule is C[C@]12CCC3C(CNC4=CC(=O)CC[C@@]43C)C1CCC2C(=O)O. The number of carboxylic acids is 1. The zero-order valence-corrected chi connectivity index (χ0v) is 14.1. The number of piperidine rings is 1. The number of allylic oxidation sites excluding steroid dienone is 2. The first-order valence-corrected chi connectivity index (χ1v) is 9.08. The zero-order chi connectivity index (χ0) is 16.4. The second-order valence-electron chi connectivity index (χ2n) is 8.71. The van der Waals surface area contributed by atoms with Crippen molar-refractivity contribution in [1.82, 2.24) is 5.32 Å². The molecule has 4 heteroatoms. The molecule has 3 aliphatic carbocycles. The number of carboxylic acid groups (broad SMARTS) is 1. The van der Waals surface area contributed by atoms with E-state index in [1.54, 1.807) is 0 Å². The van der Waals surface area contributed by atoms with Gasteiger partial charge in [-0.3, -0.25) is 9.59 Å². The van der Waals surface area contributed by atoms with Crippen LogP contribution in [-0.2, 0) is 9.59 Å². The van der Waals surface area contributed by atoms with Gasteiger partial charge in [0.1, 0.15) is 0 Å². The van der Waals surface area contributed by atoms with Crippen LogP contribution < -0.4 is 5.32 Å². The second kappa shape index (κ2) is 4.84. The predicted molar refractivity (Wildman–Crippen MR) is 86.6 cm³/mol. The van der Waals surface area contributed by atoms with Crippen molar-refractivity contribution in [3.8, 4) is 0 Å². The van der Waals surface area contributed by atoms with Gasteiger partial charge in [0.15, 0.2) is 5.78 Å². The second-order valence-corrected chi connectivity index (χ2v) is 8.71. The molecule has 3 fully saturated rings. The molecule has 4 aliphatic rings. The largest absolute Gasteiger partial charge is 0.481 e. The van der Waals surface area contributed by atoms with E-state index in [0.29, 0.717) is 24.2 Å². The van der Waals surface area contributed by atoms with Crippen LogP contribution in [0.5, 0.6) is 0 Å². The monoisotopic (exact) mass is 317 g/mol. The minimum absolute atomic E-state index is 0.0449. The summed E-state index contributed by atoms with van der Waals surface area (Å²) in [5.41, 5.74) is 1.18. The topological polar surface area (TPSA) is 66.4 Å². The summed E-state index contributed by atoms with van der Waals surface area (Å²) in [5.74, 6) is 1.11. The lowest BCUT2D eigenvalue weighted by Crippen LogP contribution is -2.57. The first kappa shape index (κ1) is 15.2. The van der Waals surface area contributed by atoms with Crippen LogP contribution in [0.4, 0.5) is 0 Å². The van der Waals surface area contributed by atoms with Crippen LogP contribution in [0.15, 0.2) is 11.8 Å². The highest BCUT2D eigenvalue weighted by molar-refractivity contribution is 5.91. The number of carbonyl (C=O) groups excluding carboxylic acids is 1. The third-order valence-electron chi connectivity index (χ3n) is 7.89. The van der Waals surface area contributed by atoms with Gasteiger partial charge in [0, 0.05) is 30.2 Å². The average Bonchev–Trinajstić information content (AvgIpc) is 2.85. The van der Waals surface area contributed by atoms with E-state index in [-0.39, 0.29) is 22.5 Å². The fourth-order valence-electron chi connectivity index (χ4n) is 6.55. The van der Waals surface area contributed by atoms with Gasteiger partial charge < -0.3 is 10.4 Å². The third kappa shape index (κ3) is 1.96. The fraction of sp³-hybridized carbons (Fsp3) is 0.789. The fourth-order valence-corrected chi connectivity index (χ4v) is 6.55. The molecule has 1 heterocycles. The summed E-state index contributed by atoms with van der Waals surface area (Å²) >= 11 is 0. The van der Waals surface area contributed by atoms with Crippen LogP contribution in [0, 0.1) is 34.5 Å². The number of ketones is 1. The molecule has 4 rings (SSSR count). The molecule has 1 aliphatic heterocycles. The molecule has 0 aromatic heterocycles. The third-order valence-corrected chi connectivity index (χ3v) is 7.89. The lowest BCUT2D eigenvalue weighted by molar-refractivity contribution is -0.149. The number of nitrogens with one attached hydrogen (secondary N) is 1. The van der Waals surface area contributed by atoms with Crippen molar-refractivity contribution in [2.75, 3.05) is 6.54 Å². The Kier molecular flexibility index (Phi) is 3.20. The van der Waals surface area contributed by atoms with E-state index in [4.69, 9.17) is 0 Å². The van der Waals surface area contributed by atoms with E-state index in [1.807, 2.05) is 6.08 Å². The number of fused-ring (bicyclic) bond motifs is 5. The zero-order valence-electron chi connectivity index (χ0n) is 14.1. The first-order chi connectivity index (χ1) is 10.9. The molecule has 2 N–H and O–H groups in total. The summed E-state index contributed by atoms with van der Waals surface area (Å²) in [7, 11) is 0. The van der Waals surface area contributed by atoms with E-state index >= 15 is 0 Å². The molecule has 0 aromatic rings. The van der Waals surface area contributed by atoms with E-state index in [1.165, 1.54) is 0 Å². The Balaban J connectivity index is 1.67. The van der Waals surface area contributed by atoms with Gasteiger partial charge in [0.2, 0.25) is 0 Å². The molecule has 0 amide bonds. The van der Waals surface area contributed by atoms with Gasteiger partial charge in [-0.1, -0.05) is 13.8 Å². The maximum atomic E-state index is 11.8. The number of hydrogen-bond donors (Lipinski definition) is 2. The average molecular weight is 317 g/mol. The van der Waals surface area contributed by atoms with Crippen molar-refractivity contribution in [3.05, 3.63) is 11.8 Å². The van der Waals surface area contributed by atoms with E-state index in [0.717, 1.165) is 44.3 Å². The molecule has 0 aromatic carbocycles. The van der Waals surface area contributed by atoms with Crippen molar-refractivity contribution >= 4 is 11.8 Å². The maximum absolute atomic E-state index is 11.8. The first-order valence-electron chi connectivity index (χ1n) is 9.08. The van der Waals surface area contributed by atoms with Crippen molar-refractivity contribution < 1.29 is 14.7 Å². The highest BCUT2D eigenvalue weighted by Gasteiger charge is 2.60. The molecular formula is C19H27NO3. The normalized spacial score (nSPS) is 48.6. The molecule has 126 valence electrons. The van der Waals surface area contributed by atoms with Gasteiger partial charge in [-0.2, -0.15) is 0 Å². The van der Waals surface area contributed by atoms with Gasteiger partial charge >= 0.3 is 5.97 Å². The van der Waals surface area contributed by atoms with Crippen LogP contribution in [0.25, 0.3) is 0 Å². The molecule has 2 saturated carbocycles. The maximum Gasteiger partial charge on any atom is 0.307 e. The summed E-state index contributed by atoms with van der Waals surface area (Å²) < 4.78 is 0. The molecule has 0 spiro atoms. The predicted octanol–water partition coefficient (Wildman–Crippen LogP) is 2.99. The lowest BCUT2D eigenvalue weighted by Gasteiger charge is -2.57.